The van der Waals surface area contributed by atoms with Crippen LogP contribution >= 0.6 is 11.6 Å². The van der Waals surface area contributed by atoms with Crippen molar-refractivity contribution < 1.29 is 39.7 Å². The first kappa shape index (κ1) is 25.7. The second-order valence-corrected chi connectivity index (χ2v) is 9.85. The van der Waals surface area contributed by atoms with Crippen LogP contribution in [0.2, 0.25) is 5.02 Å². The molecule has 0 saturated carbocycles. The number of aldehydes is 1. The second-order valence-electron chi connectivity index (χ2n) is 7.90. The molecule has 5 nitrogen and oxygen atoms in total. The van der Waals surface area contributed by atoms with Gasteiger partial charge in [-0.25, -0.2) is 4.39 Å². The molecule has 1 aliphatic rings. The number of hydrogen-bond acceptors (Lipinski definition) is 5. The zero-order chi connectivity index (χ0) is 26.3. The van der Waals surface area contributed by atoms with Gasteiger partial charge >= 0.3 is 15.6 Å². The van der Waals surface area contributed by atoms with Gasteiger partial charge in [-0.3, -0.25) is 0 Å². The highest BCUT2D eigenvalue weighted by atomic mass is 35.5. The number of ether oxygens (including phenoxy) is 1. The van der Waals surface area contributed by atoms with Crippen LogP contribution in [0.25, 0.3) is 5.57 Å². The lowest BCUT2D eigenvalue weighted by atomic mass is 9.64. The first-order valence-electron chi connectivity index (χ1n) is 10.3. The Bertz CT molecular complexity index is 1470. The first-order chi connectivity index (χ1) is 16.9. The average Bonchev–Trinajstić information content (AvgIpc) is 2.83. The van der Waals surface area contributed by atoms with Crippen LogP contribution in [0.5, 0.6) is 11.5 Å². The Morgan fingerprint density at radius 2 is 1.67 bits per heavy atom. The van der Waals surface area contributed by atoms with Gasteiger partial charge in [0.25, 0.3) is 0 Å². The molecule has 0 heterocycles. The summed E-state index contributed by atoms with van der Waals surface area (Å²) in [5.74, 6) is -0.724. The number of halogens is 5. The van der Waals surface area contributed by atoms with Crippen molar-refractivity contribution in [1.82, 2.24) is 0 Å². The molecule has 188 valence electrons. The Labute approximate surface area is 209 Å². The van der Waals surface area contributed by atoms with Gasteiger partial charge in [-0.05, 0) is 70.6 Å². The monoisotopic (exact) mass is 540 g/mol. The van der Waals surface area contributed by atoms with E-state index < -0.39 is 32.6 Å². The van der Waals surface area contributed by atoms with Crippen LogP contribution in [0.15, 0.2) is 66.7 Å². The maximum atomic E-state index is 13.8. The van der Waals surface area contributed by atoms with Gasteiger partial charge in [0.05, 0.1) is 12.1 Å². The Hall–Kier alpha value is -3.37. The van der Waals surface area contributed by atoms with E-state index >= 15 is 0 Å². The van der Waals surface area contributed by atoms with Gasteiger partial charge in [0.2, 0.25) is 0 Å². The molecule has 36 heavy (non-hydrogen) atoms. The summed E-state index contributed by atoms with van der Waals surface area (Å²) >= 11 is 6.35. The van der Waals surface area contributed by atoms with Crippen molar-refractivity contribution in [1.29, 1.82) is 0 Å². The highest BCUT2D eigenvalue weighted by Gasteiger charge is 2.49. The standard InChI is InChI=1S/C25H17ClF4O5S/c1-34-19-7-2-15-3-11-21(20-10-6-17(27)12-23(20)26)24(14-31,22(15)13-19)16-4-8-18(9-5-16)35-36(32,33)25(28,29)30/h2,4-14H,3H2,1H3. The van der Waals surface area contributed by atoms with E-state index in [1.54, 1.807) is 24.3 Å². The van der Waals surface area contributed by atoms with Gasteiger partial charge in [0.15, 0.2) is 0 Å². The molecule has 0 amide bonds. The predicted molar refractivity (Wildman–Crippen MR) is 125 cm³/mol. The summed E-state index contributed by atoms with van der Waals surface area (Å²) in [5, 5.41) is 0.0510. The number of fused-ring (bicyclic) bond motifs is 1. The molecule has 0 N–H and O–H groups in total. The Morgan fingerprint density at radius 1 is 1.00 bits per heavy atom. The van der Waals surface area contributed by atoms with Gasteiger partial charge in [-0.15, -0.1) is 0 Å². The minimum absolute atomic E-state index is 0.0510. The van der Waals surface area contributed by atoms with Crippen molar-refractivity contribution in [2.45, 2.75) is 17.3 Å². The SMILES string of the molecule is COc1ccc2c(c1)C(C=O)(c1ccc(OS(=O)(=O)C(F)(F)F)cc1)C(c1ccc(F)cc1Cl)=CC2. The molecule has 1 aliphatic carbocycles. The highest BCUT2D eigenvalue weighted by Crippen LogP contribution is 2.49. The van der Waals surface area contributed by atoms with Crippen molar-refractivity contribution in [3.05, 3.63) is 99.8 Å². The van der Waals surface area contributed by atoms with Crippen LogP contribution in [-0.2, 0) is 26.7 Å². The van der Waals surface area contributed by atoms with E-state index in [1.807, 2.05) is 0 Å². The fourth-order valence-corrected chi connectivity index (χ4v) is 4.96. The van der Waals surface area contributed by atoms with Crippen LogP contribution < -0.4 is 8.92 Å². The van der Waals surface area contributed by atoms with Crippen LogP contribution in [-0.4, -0.2) is 27.3 Å². The molecule has 0 fully saturated rings. The van der Waals surface area contributed by atoms with Gasteiger partial charge < -0.3 is 13.7 Å². The maximum Gasteiger partial charge on any atom is 0.534 e. The van der Waals surface area contributed by atoms with Crippen molar-refractivity contribution in [3.8, 4) is 11.5 Å². The Balaban J connectivity index is 1.92. The summed E-state index contributed by atoms with van der Waals surface area (Å²) in [6.07, 6.45) is 2.82. The van der Waals surface area contributed by atoms with E-state index in [0.717, 1.165) is 23.8 Å². The molecule has 0 aromatic heterocycles. The fraction of sp³-hybridized carbons (Fsp3) is 0.160. The van der Waals surface area contributed by atoms with Crippen molar-refractivity contribution >= 4 is 33.6 Å². The molecule has 0 saturated heterocycles. The number of rotatable bonds is 6. The number of carbonyl (C=O) groups excluding carboxylic acids is 1. The Morgan fingerprint density at radius 3 is 2.25 bits per heavy atom. The topological polar surface area (TPSA) is 69.7 Å². The lowest BCUT2D eigenvalue weighted by molar-refractivity contribution is -0.110. The van der Waals surface area contributed by atoms with Gasteiger partial charge in [0.1, 0.15) is 29.0 Å². The zero-order valence-electron chi connectivity index (χ0n) is 18.5. The molecule has 1 atom stereocenters. The number of alkyl halides is 3. The molecule has 11 heteroatoms. The second kappa shape index (κ2) is 9.25. The normalized spacial score (nSPS) is 17.7. The summed E-state index contributed by atoms with van der Waals surface area (Å²) in [4.78, 5) is 13.0. The smallest absolute Gasteiger partial charge is 0.497 e. The average molecular weight is 541 g/mol. The summed E-state index contributed by atoms with van der Waals surface area (Å²) in [7, 11) is -4.43. The lowest BCUT2D eigenvalue weighted by Gasteiger charge is -2.37. The largest absolute Gasteiger partial charge is 0.534 e. The van der Waals surface area contributed by atoms with Crippen LogP contribution in [0, 0.1) is 5.82 Å². The summed E-state index contributed by atoms with van der Waals surface area (Å²) in [6, 6.07) is 13.5. The fourth-order valence-electron chi connectivity index (χ4n) is 4.23. The van der Waals surface area contributed by atoms with E-state index in [4.69, 9.17) is 16.3 Å². The van der Waals surface area contributed by atoms with Crippen LogP contribution in [0.3, 0.4) is 0 Å². The number of carbonyl (C=O) groups is 1. The third-order valence-electron chi connectivity index (χ3n) is 5.89. The molecule has 0 radical (unpaired) electrons. The zero-order valence-corrected chi connectivity index (χ0v) is 20.0. The first-order valence-corrected chi connectivity index (χ1v) is 12.1. The predicted octanol–water partition coefficient (Wildman–Crippen LogP) is 5.84. The Kier molecular flexibility index (Phi) is 6.61. The van der Waals surface area contributed by atoms with Crippen molar-refractivity contribution in [2.24, 2.45) is 0 Å². The van der Waals surface area contributed by atoms with E-state index in [-0.39, 0.29) is 10.6 Å². The molecule has 3 aromatic rings. The molecule has 3 aromatic carbocycles. The maximum absolute atomic E-state index is 13.8. The highest BCUT2D eigenvalue weighted by molar-refractivity contribution is 7.88. The molecule has 0 aliphatic heterocycles. The van der Waals surface area contributed by atoms with E-state index in [1.165, 1.54) is 31.4 Å². The summed E-state index contributed by atoms with van der Waals surface area (Å²) in [6.45, 7) is 0. The van der Waals surface area contributed by atoms with Crippen molar-refractivity contribution in [2.75, 3.05) is 7.11 Å². The molecule has 1 unspecified atom stereocenters. The number of benzene rings is 3. The third kappa shape index (κ3) is 4.35. The molecular formula is C25H17ClF4O5S. The minimum atomic E-state index is -5.88. The van der Waals surface area contributed by atoms with Gasteiger partial charge in [0, 0.05) is 0 Å². The number of hydrogen-bond donors (Lipinski definition) is 0. The quantitative estimate of drug-likeness (QED) is 0.170. The molecular weight excluding hydrogens is 524 g/mol. The van der Waals surface area contributed by atoms with E-state index in [2.05, 4.69) is 4.18 Å². The van der Waals surface area contributed by atoms with Crippen molar-refractivity contribution in [3.63, 3.8) is 0 Å². The van der Waals surface area contributed by atoms with Crippen LogP contribution in [0.1, 0.15) is 22.3 Å². The minimum Gasteiger partial charge on any atom is -0.497 e. The van der Waals surface area contributed by atoms with E-state index in [0.29, 0.717) is 35.2 Å². The van der Waals surface area contributed by atoms with Crippen LogP contribution in [0.4, 0.5) is 17.6 Å². The molecule has 0 bridgehead atoms. The number of allylic oxidation sites excluding steroid dienone is 2. The molecule has 0 spiro atoms. The summed E-state index contributed by atoms with van der Waals surface area (Å²) in [5.41, 5.74) is -4.78. The summed E-state index contributed by atoms with van der Waals surface area (Å²) < 4.78 is 84.3. The van der Waals surface area contributed by atoms with E-state index in [9.17, 15) is 30.8 Å². The molecule has 4 rings (SSSR count). The van der Waals surface area contributed by atoms with Gasteiger partial charge in [-0.1, -0.05) is 41.9 Å². The lowest BCUT2D eigenvalue weighted by Crippen LogP contribution is -2.35. The van der Waals surface area contributed by atoms with Gasteiger partial charge in [-0.2, -0.15) is 21.6 Å². The third-order valence-corrected chi connectivity index (χ3v) is 7.18. The number of methoxy groups -OCH3 is 1.